The number of nitro benzene ring substituents is 1. The van der Waals surface area contributed by atoms with E-state index >= 15 is 0 Å². The van der Waals surface area contributed by atoms with E-state index in [0.717, 1.165) is 18.6 Å². The second-order valence-corrected chi connectivity index (χ2v) is 7.10. The summed E-state index contributed by atoms with van der Waals surface area (Å²) in [6.07, 6.45) is 2.22. The van der Waals surface area contributed by atoms with Crippen molar-refractivity contribution in [1.82, 2.24) is 5.32 Å². The van der Waals surface area contributed by atoms with Crippen LogP contribution in [-0.2, 0) is 0 Å². The zero-order chi connectivity index (χ0) is 14.8. The Bertz CT molecular complexity index is 544. The fourth-order valence-electron chi connectivity index (χ4n) is 2.14. The summed E-state index contributed by atoms with van der Waals surface area (Å²) in [7, 11) is 0. The first kappa shape index (κ1) is 15.1. The summed E-state index contributed by atoms with van der Waals surface area (Å²) in [4.78, 5) is 22.3. The molecular formula is C13H15ClN2O3S. The van der Waals surface area contributed by atoms with E-state index in [0.29, 0.717) is 6.54 Å². The third-order valence-electron chi connectivity index (χ3n) is 3.33. The van der Waals surface area contributed by atoms with Gasteiger partial charge in [-0.2, -0.15) is 11.8 Å². The zero-order valence-corrected chi connectivity index (χ0v) is 12.6. The highest BCUT2D eigenvalue weighted by Gasteiger charge is 2.30. The molecule has 5 nitrogen and oxygen atoms in total. The quantitative estimate of drug-likeness (QED) is 0.684. The van der Waals surface area contributed by atoms with Crippen molar-refractivity contribution in [2.75, 3.05) is 12.3 Å². The summed E-state index contributed by atoms with van der Waals surface area (Å²) in [5.74, 6) is 0.803. The zero-order valence-electron chi connectivity index (χ0n) is 11.0. The maximum absolute atomic E-state index is 12.0. The van der Waals surface area contributed by atoms with Gasteiger partial charge in [-0.05, 0) is 37.7 Å². The third kappa shape index (κ3) is 3.43. The van der Waals surface area contributed by atoms with E-state index in [1.54, 1.807) is 0 Å². The van der Waals surface area contributed by atoms with Crippen LogP contribution in [0.25, 0.3) is 0 Å². The molecule has 108 valence electrons. The van der Waals surface area contributed by atoms with Gasteiger partial charge in [-0.3, -0.25) is 14.9 Å². The Labute approximate surface area is 126 Å². The molecule has 1 amide bonds. The lowest BCUT2D eigenvalue weighted by atomic mass is 10.1. The van der Waals surface area contributed by atoms with E-state index in [2.05, 4.69) is 12.2 Å². The lowest BCUT2D eigenvalue weighted by Crippen LogP contribution is -2.36. The van der Waals surface area contributed by atoms with Gasteiger partial charge in [0.1, 0.15) is 5.02 Å². The molecule has 0 spiro atoms. The Balaban J connectivity index is 2.06. The molecule has 1 heterocycles. The van der Waals surface area contributed by atoms with Crippen LogP contribution < -0.4 is 5.32 Å². The van der Waals surface area contributed by atoms with Crippen molar-refractivity contribution < 1.29 is 9.72 Å². The van der Waals surface area contributed by atoms with E-state index in [-0.39, 0.29) is 26.9 Å². The van der Waals surface area contributed by atoms with E-state index in [1.165, 1.54) is 18.2 Å². The summed E-state index contributed by atoms with van der Waals surface area (Å²) in [5, 5.41) is 13.7. The number of thioether (sulfide) groups is 1. The van der Waals surface area contributed by atoms with E-state index in [9.17, 15) is 14.9 Å². The minimum atomic E-state index is -0.590. The van der Waals surface area contributed by atoms with Crippen molar-refractivity contribution in [2.45, 2.75) is 24.5 Å². The van der Waals surface area contributed by atoms with Crippen molar-refractivity contribution in [1.29, 1.82) is 0 Å². The van der Waals surface area contributed by atoms with Crippen LogP contribution in [0.15, 0.2) is 18.2 Å². The molecule has 1 atom stereocenters. The number of hydrogen-bond donors (Lipinski definition) is 1. The second kappa shape index (κ2) is 6.01. The first-order valence-electron chi connectivity index (χ1n) is 6.27. The highest BCUT2D eigenvalue weighted by atomic mass is 35.5. The van der Waals surface area contributed by atoms with Gasteiger partial charge in [0, 0.05) is 22.9 Å². The number of benzene rings is 1. The predicted molar refractivity (Wildman–Crippen MR) is 80.5 cm³/mol. The normalized spacial score (nSPS) is 21.7. The molecule has 2 rings (SSSR count). The van der Waals surface area contributed by atoms with E-state index < -0.39 is 4.92 Å². The number of carbonyl (C=O) groups excluding carboxylic acids is 1. The van der Waals surface area contributed by atoms with E-state index in [4.69, 9.17) is 11.6 Å². The number of halogens is 1. The Morgan fingerprint density at radius 3 is 2.95 bits per heavy atom. The average molecular weight is 315 g/mol. The van der Waals surface area contributed by atoms with Gasteiger partial charge in [0.2, 0.25) is 0 Å². The van der Waals surface area contributed by atoms with Gasteiger partial charge in [-0.15, -0.1) is 0 Å². The molecule has 0 saturated carbocycles. The molecule has 20 heavy (non-hydrogen) atoms. The van der Waals surface area contributed by atoms with Gasteiger partial charge in [-0.1, -0.05) is 11.6 Å². The molecule has 1 aromatic rings. The first-order chi connectivity index (χ1) is 9.41. The lowest BCUT2D eigenvalue weighted by molar-refractivity contribution is -0.384. The molecule has 1 fully saturated rings. The lowest BCUT2D eigenvalue weighted by Gasteiger charge is -2.22. The van der Waals surface area contributed by atoms with Gasteiger partial charge >= 0.3 is 0 Å². The Morgan fingerprint density at radius 1 is 1.60 bits per heavy atom. The number of amides is 1. The molecule has 1 aromatic carbocycles. The molecule has 1 unspecified atom stereocenters. The second-order valence-electron chi connectivity index (χ2n) is 5.01. The van der Waals surface area contributed by atoms with E-state index in [1.807, 2.05) is 11.8 Å². The summed E-state index contributed by atoms with van der Waals surface area (Å²) in [6, 6.07) is 4.08. The van der Waals surface area contributed by atoms with Crippen molar-refractivity contribution in [3.63, 3.8) is 0 Å². The van der Waals surface area contributed by atoms with Crippen LogP contribution in [0.5, 0.6) is 0 Å². The SMILES string of the molecule is CC1(CNC(=O)c2ccc(Cl)c([N+](=O)[O-])c2)CCCS1. The van der Waals surface area contributed by atoms with Crippen LogP contribution in [0.1, 0.15) is 30.1 Å². The van der Waals surface area contributed by atoms with Crippen molar-refractivity contribution in [2.24, 2.45) is 0 Å². The van der Waals surface area contributed by atoms with Crippen molar-refractivity contribution in [3.8, 4) is 0 Å². The third-order valence-corrected chi connectivity index (χ3v) is 5.19. The standard InChI is InChI=1S/C13H15ClN2O3S/c1-13(5-2-6-20-13)8-15-12(17)9-3-4-10(14)11(7-9)16(18)19/h3-4,7H,2,5-6,8H2,1H3,(H,15,17). The number of carbonyl (C=O) groups is 1. The maximum Gasteiger partial charge on any atom is 0.288 e. The fraction of sp³-hybridized carbons (Fsp3) is 0.462. The molecular weight excluding hydrogens is 300 g/mol. The van der Waals surface area contributed by atoms with Gasteiger partial charge in [0.25, 0.3) is 11.6 Å². The monoisotopic (exact) mass is 314 g/mol. The van der Waals surface area contributed by atoms with Crippen LogP contribution in [0.3, 0.4) is 0 Å². The molecule has 0 bridgehead atoms. The maximum atomic E-state index is 12.0. The molecule has 1 aliphatic rings. The highest BCUT2D eigenvalue weighted by Crippen LogP contribution is 2.37. The van der Waals surface area contributed by atoms with Gasteiger partial charge in [-0.25, -0.2) is 0 Å². The van der Waals surface area contributed by atoms with Crippen molar-refractivity contribution in [3.05, 3.63) is 38.9 Å². The van der Waals surface area contributed by atoms with Crippen LogP contribution in [0.2, 0.25) is 5.02 Å². The molecule has 7 heteroatoms. The Hall–Kier alpha value is -1.27. The fourth-order valence-corrected chi connectivity index (χ4v) is 3.57. The number of nitrogens with zero attached hydrogens (tertiary/aromatic N) is 1. The van der Waals surface area contributed by atoms with Crippen LogP contribution >= 0.6 is 23.4 Å². The summed E-state index contributed by atoms with van der Waals surface area (Å²) >= 11 is 7.57. The van der Waals surface area contributed by atoms with Gasteiger partial charge in [0.15, 0.2) is 0 Å². The number of hydrogen-bond acceptors (Lipinski definition) is 4. The van der Waals surface area contributed by atoms with Crippen molar-refractivity contribution >= 4 is 35.0 Å². The molecule has 1 aliphatic heterocycles. The number of nitro groups is 1. The van der Waals surface area contributed by atoms with Gasteiger partial charge in [0.05, 0.1) is 4.92 Å². The summed E-state index contributed by atoms with van der Waals surface area (Å²) in [5.41, 5.74) is 0.00784. The topological polar surface area (TPSA) is 72.2 Å². The minimum absolute atomic E-state index is 0.0323. The van der Waals surface area contributed by atoms with Crippen LogP contribution in [-0.4, -0.2) is 27.9 Å². The number of rotatable bonds is 4. The van der Waals surface area contributed by atoms with Crippen LogP contribution in [0.4, 0.5) is 5.69 Å². The summed E-state index contributed by atoms with van der Waals surface area (Å²) < 4.78 is 0.0635. The molecule has 0 aromatic heterocycles. The van der Waals surface area contributed by atoms with Gasteiger partial charge < -0.3 is 5.32 Å². The number of nitrogens with one attached hydrogen (secondary N) is 1. The minimum Gasteiger partial charge on any atom is -0.351 e. The smallest absolute Gasteiger partial charge is 0.288 e. The average Bonchev–Trinajstić information content (AvgIpc) is 2.84. The molecule has 0 aliphatic carbocycles. The largest absolute Gasteiger partial charge is 0.351 e. The molecule has 1 saturated heterocycles. The van der Waals surface area contributed by atoms with Crippen LogP contribution in [0, 0.1) is 10.1 Å². The predicted octanol–water partition coefficient (Wildman–Crippen LogP) is 3.26. The first-order valence-corrected chi connectivity index (χ1v) is 7.64. The Morgan fingerprint density at radius 2 is 2.35 bits per heavy atom. The Kier molecular flexibility index (Phi) is 4.55. The summed E-state index contributed by atoms with van der Waals surface area (Å²) in [6.45, 7) is 2.68. The highest BCUT2D eigenvalue weighted by molar-refractivity contribution is 8.00. The molecule has 0 radical (unpaired) electrons. The molecule has 1 N–H and O–H groups in total.